The number of pyridine rings is 1. The van der Waals surface area contributed by atoms with E-state index in [4.69, 9.17) is 19.2 Å². The average Bonchev–Trinajstić information content (AvgIpc) is 2.85. The molecule has 1 aliphatic heterocycles. The Morgan fingerprint density at radius 3 is 2.00 bits per heavy atom. The van der Waals surface area contributed by atoms with Gasteiger partial charge in [0.2, 0.25) is 0 Å². The van der Waals surface area contributed by atoms with Gasteiger partial charge in [0.25, 0.3) is 0 Å². The molecule has 7 heteroatoms. The second-order valence-electron chi connectivity index (χ2n) is 12.2. The third kappa shape index (κ3) is 7.00. The minimum Gasteiger partial charge on any atom is -0.496 e. The van der Waals surface area contributed by atoms with Crippen LogP contribution >= 0.6 is 0 Å². The summed E-state index contributed by atoms with van der Waals surface area (Å²) in [5, 5.41) is 0. The molecule has 2 aromatic rings. The van der Waals surface area contributed by atoms with Crippen LogP contribution in [0.4, 0.5) is 5.82 Å². The third-order valence-corrected chi connectivity index (χ3v) is 6.74. The zero-order valence-corrected chi connectivity index (χ0v) is 26.8. The number of nitrogens with zero attached hydrogens (tertiary/aromatic N) is 4. The van der Waals surface area contributed by atoms with E-state index in [0.29, 0.717) is 13.1 Å². The van der Waals surface area contributed by atoms with Crippen molar-refractivity contribution in [3.63, 3.8) is 0 Å². The molecule has 0 atom stereocenters. The Bertz CT molecular complexity index is 1300. The number of hydrogen-bond donors (Lipinski definition) is 0. The van der Waals surface area contributed by atoms with Crippen molar-refractivity contribution >= 4 is 17.1 Å². The largest absolute Gasteiger partial charge is 0.496 e. The van der Waals surface area contributed by atoms with Crippen molar-refractivity contribution in [2.24, 2.45) is 0 Å². The molecule has 218 valence electrons. The number of rotatable bonds is 9. The smallest absolute Gasteiger partial charge is 0.129 e. The summed E-state index contributed by atoms with van der Waals surface area (Å²) in [5.41, 5.74) is 8.63. The van der Waals surface area contributed by atoms with E-state index in [0.717, 1.165) is 56.5 Å². The number of aromatic nitrogens is 1. The molecular weight excluding hydrogens is 500 g/mol. The molecule has 0 unspecified atom stereocenters. The third-order valence-electron chi connectivity index (χ3n) is 6.74. The zero-order chi connectivity index (χ0) is 29.9. The molecule has 1 aromatic heterocycles. The van der Waals surface area contributed by atoms with Crippen molar-refractivity contribution in [1.29, 1.82) is 0 Å². The Morgan fingerprint density at radius 2 is 1.52 bits per heavy atom. The lowest BCUT2D eigenvalue weighted by Gasteiger charge is -2.32. The van der Waals surface area contributed by atoms with Crippen LogP contribution in [0, 0.1) is 0 Å². The van der Waals surface area contributed by atoms with Gasteiger partial charge in [0.15, 0.2) is 0 Å². The van der Waals surface area contributed by atoms with Crippen LogP contribution in [0.3, 0.4) is 0 Å². The maximum Gasteiger partial charge on any atom is 0.129 e. The SMILES string of the molecule is COc1cc(C2=CN(C)C(=C(C)C)c3cc(N(C)CC(OC(C)(C)C)=C(C)C)ncc32)cc(OC)c1CN(C)C. The van der Waals surface area contributed by atoms with Crippen LogP contribution in [0.2, 0.25) is 0 Å². The van der Waals surface area contributed by atoms with Crippen molar-refractivity contribution in [3.05, 3.63) is 69.8 Å². The van der Waals surface area contributed by atoms with E-state index in [-0.39, 0.29) is 5.60 Å². The molecule has 2 heterocycles. The molecule has 0 N–H and O–H groups in total. The van der Waals surface area contributed by atoms with Crippen molar-refractivity contribution in [2.45, 2.75) is 60.6 Å². The molecule has 0 fully saturated rings. The second-order valence-corrected chi connectivity index (χ2v) is 12.2. The van der Waals surface area contributed by atoms with Gasteiger partial charge in [-0.2, -0.15) is 0 Å². The second kappa shape index (κ2) is 12.4. The first kappa shape index (κ1) is 31.1. The van der Waals surface area contributed by atoms with Crippen LogP contribution in [0.25, 0.3) is 11.3 Å². The topological polar surface area (TPSA) is 50.3 Å². The number of hydrogen-bond acceptors (Lipinski definition) is 7. The van der Waals surface area contributed by atoms with Gasteiger partial charge >= 0.3 is 0 Å². The van der Waals surface area contributed by atoms with Crippen LogP contribution in [-0.4, -0.2) is 69.3 Å². The highest BCUT2D eigenvalue weighted by Gasteiger charge is 2.26. The summed E-state index contributed by atoms with van der Waals surface area (Å²) in [6.45, 7) is 16.1. The number of fused-ring (bicyclic) bond motifs is 1. The first-order chi connectivity index (χ1) is 18.7. The average molecular weight is 549 g/mol. The summed E-state index contributed by atoms with van der Waals surface area (Å²) >= 11 is 0. The Morgan fingerprint density at radius 1 is 0.925 bits per heavy atom. The van der Waals surface area contributed by atoms with Gasteiger partial charge in [-0.3, -0.25) is 0 Å². The quantitative estimate of drug-likeness (QED) is 0.320. The van der Waals surface area contributed by atoms with Gasteiger partial charge in [-0.05, 0) is 91.9 Å². The van der Waals surface area contributed by atoms with Crippen LogP contribution in [0.5, 0.6) is 11.5 Å². The predicted molar refractivity (Wildman–Crippen MR) is 167 cm³/mol. The number of ether oxygens (including phenoxy) is 3. The van der Waals surface area contributed by atoms with Crippen molar-refractivity contribution in [2.75, 3.05) is 53.9 Å². The lowest BCUT2D eigenvalue weighted by Crippen LogP contribution is -2.28. The first-order valence-corrected chi connectivity index (χ1v) is 13.8. The fraction of sp³-hybridized carbons (Fsp3) is 0.485. The summed E-state index contributed by atoms with van der Waals surface area (Å²) in [5.74, 6) is 3.46. The molecule has 0 bridgehead atoms. The van der Waals surface area contributed by atoms with Crippen molar-refractivity contribution in [3.8, 4) is 11.5 Å². The number of methoxy groups -OCH3 is 2. The van der Waals surface area contributed by atoms with Gasteiger partial charge in [-0.25, -0.2) is 4.98 Å². The fourth-order valence-corrected chi connectivity index (χ4v) is 5.00. The van der Waals surface area contributed by atoms with Gasteiger partial charge in [0, 0.05) is 55.4 Å². The Hall–Kier alpha value is -3.45. The van der Waals surface area contributed by atoms with E-state index in [2.05, 4.69) is 102 Å². The molecule has 0 saturated carbocycles. The summed E-state index contributed by atoms with van der Waals surface area (Å²) < 4.78 is 18.0. The van der Waals surface area contributed by atoms with Crippen molar-refractivity contribution in [1.82, 2.24) is 14.8 Å². The highest BCUT2D eigenvalue weighted by Crippen LogP contribution is 2.42. The number of likely N-dealkylation sites (N-methyl/N-ethyl adjacent to an activating group) is 1. The van der Waals surface area contributed by atoms with Gasteiger partial charge in [-0.1, -0.05) is 5.57 Å². The van der Waals surface area contributed by atoms with E-state index in [1.807, 2.05) is 20.3 Å². The van der Waals surface area contributed by atoms with E-state index in [1.165, 1.54) is 11.3 Å². The molecule has 0 amide bonds. The standard InChI is InChI=1S/C33H48N4O3/c1-21(2)30(40-33(5,6)7)20-36(10)31-16-24-25(17-34-31)26(19-37(11)32(24)22(3)4)23-14-28(38-12)27(18-35(8)9)29(15-23)39-13/h14-17,19H,18,20H2,1-13H3. The van der Waals surface area contributed by atoms with Gasteiger partial charge in [0.1, 0.15) is 28.7 Å². The van der Waals surface area contributed by atoms with Gasteiger partial charge < -0.3 is 28.9 Å². The maximum absolute atomic E-state index is 6.29. The number of benzene rings is 1. The predicted octanol–water partition coefficient (Wildman–Crippen LogP) is 6.79. The summed E-state index contributed by atoms with van der Waals surface area (Å²) in [4.78, 5) is 11.4. The Balaban J connectivity index is 2.13. The summed E-state index contributed by atoms with van der Waals surface area (Å²) in [6.07, 6.45) is 4.16. The van der Waals surface area contributed by atoms with E-state index in [9.17, 15) is 0 Å². The van der Waals surface area contributed by atoms with Crippen molar-refractivity contribution < 1.29 is 14.2 Å². The number of allylic oxidation sites excluding steroid dienone is 2. The van der Waals surface area contributed by atoms with E-state index < -0.39 is 0 Å². The molecule has 7 nitrogen and oxygen atoms in total. The first-order valence-electron chi connectivity index (χ1n) is 13.8. The molecule has 1 aromatic carbocycles. The van der Waals surface area contributed by atoms with Crippen LogP contribution < -0.4 is 14.4 Å². The van der Waals surface area contributed by atoms with Gasteiger partial charge in [0.05, 0.1) is 26.3 Å². The minimum absolute atomic E-state index is 0.265. The molecule has 3 rings (SSSR count). The normalized spacial score (nSPS) is 13.1. The van der Waals surface area contributed by atoms with Crippen LogP contribution in [0.1, 0.15) is 70.7 Å². The van der Waals surface area contributed by atoms with Crippen LogP contribution in [0.15, 0.2) is 47.5 Å². The highest BCUT2D eigenvalue weighted by molar-refractivity contribution is 5.92. The molecule has 1 aliphatic rings. The lowest BCUT2D eigenvalue weighted by atomic mass is 9.89. The van der Waals surface area contributed by atoms with E-state index >= 15 is 0 Å². The summed E-state index contributed by atoms with van der Waals surface area (Å²) in [7, 11) is 11.7. The highest BCUT2D eigenvalue weighted by atomic mass is 16.5. The molecular formula is C33H48N4O3. The molecule has 0 aliphatic carbocycles. The fourth-order valence-electron chi connectivity index (χ4n) is 5.00. The Labute approximate surface area is 241 Å². The molecule has 0 spiro atoms. The zero-order valence-electron chi connectivity index (χ0n) is 26.8. The van der Waals surface area contributed by atoms with E-state index in [1.54, 1.807) is 14.2 Å². The summed E-state index contributed by atoms with van der Waals surface area (Å²) in [6, 6.07) is 6.39. The molecule has 0 radical (unpaired) electrons. The number of anilines is 1. The lowest BCUT2D eigenvalue weighted by molar-refractivity contribution is 0.0487. The monoisotopic (exact) mass is 548 g/mol. The minimum atomic E-state index is -0.265. The Kier molecular flexibility index (Phi) is 9.62. The molecule has 40 heavy (non-hydrogen) atoms. The maximum atomic E-state index is 6.29. The molecule has 0 saturated heterocycles. The van der Waals surface area contributed by atoms with Gasteiger partial charge in [-0.15, -0.1) is 0 Å². The van der Waals surface area contributed by atoms with Crippen LogP contribution in [-0.2, 0) is 11.3 Å².